The van der Waals surface area contributed by atoms with Crippen LogP contribution >= 0.6 is 7.82 Å². The number of hydrogen-bond acceptors (Lipinski definition) is 8. The van der Waals surface area contributed by atoms with Gasteiger partial charge in [0.15, 0.2) is 23.0 Å². The van der Waals surface area contributed by atoms with Crippen molar-refractivity contribution in [2.45, 2.75) is 13.3 Å². The van der Waals surface area contributed by atoms with Crippen molar-refractivity contribution in [3.8, 4) is 23.0 Å². The van der Waals surface area contributed by atoms with Gasteiger partial charge >= 0.3 is 19.8 Å². The zero-order valence-corrected chi connectivity index (χ0v) is 17.2. The second-order valence-corrected chi connectivity index (χ2v) is 7.12. The molecule has 9 heteroatoms. The summed E-state index contributed by atoms with van der Waals surface area (Å²) in [7, 11) is -4.27. The Hall–Kier alpha value is -3.35. The fourth-order valence-corrected chi connectivity index (χ4v) is 3.37. The van der Waals surface area contributed by atoms with E-state index >= 15 is 0 Å². The lowest BCUT2D eigenvalue weighted by Gasteiger charge is -2.21. The minimum atomic E-state index is -4.27. The summed E-state index contributed by atoms with van der Waals surface area (Å²) in [4.78, 5) is 23.1. The van der Waals surface area contributed by atoms with Crippen LogP contribution in [0.25, 0.3) is 0 Å². The summed E-state index contributed by atoms with van der Waals surface area (Å²) in [6.07, 6.45) is 2.48. The van der Waals surface area contributed by atoms with E-state index in [2.05, 4.69) is 13.2 Å². The van der Waals surface area contributed by atoms with Crippen molar-refractivity contribution in [3.63, 3.8) is 0 Å². The first-order valence-electron chi connectivity index (χ1n) is 8.91. The Morgan fingerprint density at radius 3 is 1.60 bits per heavy atom. The van der Waals surface area contributed by atoms with Crippen molar-refractivity contribution in [2.24, 2.45) is 0 Å². The first kappa shape index (κ1) is 22.9. The third-order valence-corrected chi connectivity index (χ3v) is 4.67. The Kier molecular flexibility index (Phi) is 8.41. The fourth-order valence-electron chi connectivity index (χ4n) is 2.04. The normalized spacial score (nSPS) is 10.6. The van der Waals surface area contributed by atoms with Gasteiger partial charge in [-0.25, -0.2) is 14.2 Å². The van der Waals surface area contributed by atoms with Crippen molar-refractivity contribution >= 4 is 19.8 Å². The zero-order chi connectivity index (χ0) is 22.0. The lowest BCUT2D eigenvalue weighted by atomic mass is 10.3. The molecular weight excluding hydrogens is 411 g/mol. The van der Waals surface area contributed by atoms with Gasteiger partial charge in [-0.15, -0.1) is 0 Å². The van der Waals surface area contributed by atoms with Crippen LogP contribution in [0.3, 0.4) is 0 Å². The molecule has 2 aromatic rings. The summed E-state index contributed by atoms with van der Waals surface area (Å²) in [5.74, 6) is -1.55. The van der Waals surface area contributed by atoms with Crippen LogP contribution < -0.4 is 18.5 Å². The van der Waals surface area contributed by atoms with Crippen LogP contribution in [0.2, 0.25) is 0 Å². The molecule has 30 heavy (non-hydrogen) atoms. The monoisotopic (exact) mass is 432 g/mol. The number of phosphoric acid groups is 1. The third kappa shape index (κ3) is 6.62. The van der Waals surface area contributed by atoms with Crippen LogP contribution in [-0.2, 0) is 18.7 Å². The number of rotatable bonds is 11. The van der Waals surface area contributed by atoms with E-state index in [0.717, 1.165) is 12.2 Å². The Morgan fingerprint density at radius 1 is 0.833 bits per heavy atom. The second-order valence-electron chi connectivity index (χ2n) is 5.61. The molecule has 0 N–H and O–H groups in total. The van der Waals surface area contributed by atoms with E-state index in [0.29, 0.717) is 6.42 Å². The van der Waals surface area contributed by atoms with Gasteiger partial charge in [-0.3, -0.25) is 4.52 Å². The fraction of sp³-hybridized carbons (Fsp3) is 0.143. The molecule has 0 amide bonds. The SMILES string of the molecule is C=CC(=O)Oc1ccccc1OP(=O)(OCCC)Oc1ccccc1OC(=O)C=C. The number of phosphoric ester groups is 1. The molecule has 0 fully saturated rings. The van der Waals surface area contributed by atoms with Gasteiger partial charge in [-0.05, 0) is 30.7 Å². The number of hydrogen-bond donors (Lipinski definition) is 0. The van der Waals surface area contributed by atoms with Gasteiger partial charge in [0.2, 0.25) is 0 Å². The van der Waals surface area contributed by atoms with Crippen molar-refractivity contribution in [1.82, 2.24) is 0 Å². The molecule has 0 heterocycles. The Labute approximate surface area is 174 Å². The highest BCUT2D eigenvalue weighted by molar-refractivity contribution is 7.49. The van der Waals surface area contributed by atoms with Crippen LogP contribution in [-0.4, -0.2) is 18.5 Å². The summed E-state index contributed by atoms with van der Waals surface area (Å²) in [5.41, 5.74) is 0. The molecular formula is C21H21O8P. The van der Waals surface area contributed by atoms with E-state index in [1.165, 1.54) is 24.3 Å². The van der Waals surface area contributed by atoms with Gasteiger partial charge < -0.3 is 18.5 Å². The lowest BCUT2D eigenvalue weighted by molar-refractivity contribution is -0.129. The Balaban J connectivity index is 2.35. The van der Waals surface area contributed by atoms with Crippen molar-refractivity contribution in [1.29, 1.82) is 0 Å². The van der Waals surface area contributed by atoms with Crippen LogP contribution in [0.5, 0.6) is 23.0 Å². The Bertz CT molecular complexity index is 897. The first-order valence-corrected chi connectivity index (χ1v) is 10.4. The molecule has 8 nitrogen and oxygen atoms in total. The molecule has 0 unspecified atom stereocenters. The molecule has 2 aromatic carbocycles. The van der Waals surface area contributed by atoms with Gasteiger partial charge in [0.05, 0.1) is 6.61 Å². The largest absolute Gasteiger partial charge is 0.587 e. The smallest absolute Gasteiger partial charge is 0.419 e. The molecule has 158 valence electrons. The summed E-state index contributed by atoms with van der Waals surface area (Å²) >= 11 is 0. The highest BCUT2D eigenvalue weighted by Gasteiger charge is 2.33. The molecule has 0 aliphatic carbocycles. The standard InChI is InChI=1S/C21H21O8P/c1-4-15-25-30(24,28-18-13-9-7-11-16(18)26-20(22)5-2)29-19-14-10-8-12-17(19)27-21(23)6-3/h5-14H,2-4,15H2,1H3. The van der Waals surface area contributed by atoms with E-state index in [1.807, 2.05) is 6.92 Å². The van der Waals surface area contributed by atoms with Crippen LogP contribution in [0.4, 0.5) is 0 Å². The van der Waals surface area contributed by atoms with Gasteiger partial charge in [-0.2, -0.15) is 0 Å². The molecule has 0 saturated heterocycles. The predicted molar refractivity (Wildman–Crippen MR) is 110 cm³/mol. The third-order valence-electron chi connectivity index (χ3n) is 3.33. The molecule has 0 atom stereocenters. The van der Waals surface area contributed by atoms with Gasteiger partial charge in [-0.1, -0.05) is 44.3 Å². The predicted octanol–water partition coefficient (Wildman–Crippen LogP) is 4.86. The number of carbonyl (C=O) groups is 2. The molecule has 0 bridgehead atoms. The van der Waals surface area contributed by atoms with Crippen molar-refractivity contribution < 1.29 is 37.2 Å². The number of para-hydroxylation sites is 4. The van der Waals surface area contributed by atoms with Crippen LogP contribution in [0.1, 0.15) is 13.3 Å². The number of benzene rings is 2. The lowest BCUT2D eigenvalue weighted by Crippen LogP contribution is -2.10. The highest BCUT2D eigenvalue weighted by atomic mass is 31.2. The van der Waals surface area contributed by atoms with E-state index in [4.69, 9.17) is 23.0 Å². The first-order chi connectivity index (χ1) is 14.4. The molecule has 0 aromatic heterocycles. The van der Waals surface area contributed by atoms with Crippen molar-refractivity contribution in [3.05, 3.63) is 73.8 Å². The van der Waals surface area contributed by atoms with E-state index < -0.39 is 19.8 Å². The highest BCUT2D eigenvalue weighted by Crippen LogP contribution is 2.53. The quantitative estimate of drug-likeness (QED) is 0.215. The average Bonchev–Trinajstić information content (AvgIpc) is 2.75. The maximum atomic E-state index is 13.3. The summed E-state index contributed by atoms with van der Waals surface area (Å²) in [6, 6.07) is 12.1. The molecule has 2 rings (SSSR count). The van der Waals surface area contributed by atoms with Gasteiger partial charge in [0.25, 0.3) is 0 Å². The maximum absolute atomic E-state index is 13.3. The molecule has 0 spiro atoms. The topological polar surface area (TPSA) is 97.4 Å². The number of esters is 2. The van der Waals surface area contributed by atoms with Crippen LogP contribution in [0.15, 0.2) is 73.8 Å². The minimum Gasteiger partial charge on any atom is -0.419 e. The summed E-state index contributed by atoms with van der Waals surface area (Å²) < 4.78 is 39.9. The molecule has 0 aliphatic rings. The van der Waals surface area contributed by atoms with Crippen molar-refractivity contribution in [2.75, 3.05) is 6.61 Å². The maximum Gasteiger partial charge on any atom is 0.587 e. The summed E-state index contributed by atoms with van der Waals surface area (Å²) in [5, 5.41) is 0. The zero-order valence-electron chi connectivity index (χ0n) is 16.3. The van der Waals surface area contributed by atoms with E-state index in [1.54, 1.807) is 24.3 Å². The Morgan fingerprint density at radius 2 is 1.23 bits per heavy atom. The molecule has 0 radical (unpaired) electrons. The van der Waals surface area contributed by atoms with Crippen LogP contribution in [0, 0.1) is 0 Å². The second kappa shape index (κ2) is 11.0. The average molecular weight is 432 g/mol. The number of carbonyl (C=O) groups excluding carboxylic acids is 2. The molecule has 0 saturated carbocycles. The summed E-state index contributed by atoms with van der Waals surface area (Å²) in [6.45, 7) is 8.52. The number of ether oxygens (including phenoxy) is 2. The van der Waals surface area contributed by atoms with Gasteiger partial charge in [0, 0.05) is 12.2 Å². The molecule has 0 aliphatic heterocycles. The van der Waals surface area contributed by atoms with E-state index in [9.17, 15) is 14.2 Å². The minimum absolute atomic E-state index is 0.00214. The van der Waals surface area contributed by atoms with E-state index in [-0.39, 0.29) is 29.6 Å². The van der Waals surface area contributed by atoms with Gasteiger partial charge in [0.1, 0.15) is 0 Å².